The molecule has 0 fully saturated rings. The number of carbonyl (C=O) groups is 1. The molecule has 8 heteroatoms. The molecule has 2 heterocycles. The van der Waals surface area contributed by atoms with Gasteiger partial charge >= 0.3 is 0 Å². The zero-order valence-electron chi connectivity index (χ0n) is 13.3. The maximum atomic E-state index is 12.0. The van der Waals surface area contributed by atoms with Gasteiger partial charge in [0.15, 0.2) is 5.65 Å². The Balaban J connectivity index is 1.39. The van der Waals surface area contributed by atoms with Gasteiger partial charge in [-0.25, -0.2) is 4.52 Å². The van der Waals surface area contributed by atoms with Crippen molar-refractivity contribution in [1.29, 1.82) is 0 Å². The number of aromatic nitrogens is 3. The van der Waals surface area contributed by atoms with Crippen molar-refractivity contribution < 1.29 is 9.53 Å². The smallest absolute Gasteiger partial charge is 0.249 e. The quantitative estimate of drug-likeness (QED) is 0.521. The van der Waals surface area contributed by atoms with Crippen LogP contribution in [0.5, 0.6) is 5.75 Å². The molecule has 0 saturated carbocycles. The second kappa shape index (κ2) is 8.44. The topological polar surface area (TPSA) is 68.5 Å². The molecule has 3 aromatic rings. The number of anilines is 1. The normalized spacial score (nSPS) is 10.8. The van der Waals surface area contributed by atoms with Gasteiger partial charge in [-0.05, 0) is 65.2 Å². The van der Waals surface area contributed by atoms with E-state index in [0.29, 0.717) is 24.6 Å². The Morgan fingerprint density at radius 1 is 1.08 bits per heavy atom. The first-order chi connectivity index (χ1) is 12.1. The third-order valence-electron chi connectivity index (χ3n) is 3.43. The summed E-state index contributed by atoms with van der Waals surface area (Å²) in [4.78, 5) is 16.2. The molecule has 0 aliphatic heterocycles. The molecule has 1 aromatic carbocycles. The molecule has 0 saturated heterocycles. The van der Waals surface area contributed by atoms with E-state index in [1.54, 1.807) is 10.7 Å². The van der Waals surface area contributed by atoms with E-state index in [-0.39, 0.29) is 5.91 Å². The maximum absolute atomic E-state index is 12.0. The summed E-state index contributed by atoms with van der Waals surface area (Å²) in [5.41, 5.74) is 0.682. The SMILES string of the molecule is O=C(CCCCOc1ccc(Br)cc1)Nc1nc2ccc(Br)cn2n1. The number of ether oxygens (including phenoxy) is 1. The molecule has 2 aromatic heterocycles. The highest BCUT2D eigenvalue weighted by Gasteiger charge is 2.08. The molecule has 0 atom stereocenters. The number of halogens is 2. The van der Waals surface area contributed by atoms with Crippen molar-refractivity contribution in [3.63, 3.8) is 0 Å². The first kappa shape index (κ1) is 17.9. The summed E-state index contributed by atoms with van der Waals surface area (Å²) in [6.07, 6.45) is 3.73. The van der Waals surface area contributed by atoms with Gasteiger partial charge in [0.2, 0.25) is 11.9 Å². The van der Waals surface area contributed by atoms with Crippen molar-refractivity contribution in [3.8, 4) is 5.75 Å². The summed E-state index contributed by atoms with van der Waals surface area (Å²) in [7, 11) is 0. The second-order valence-electron chi connectivity index (χ2n) is 5.39. The van der Waals surface area contributed by atoms with Crippen LogP contribution in [0.2, 0.25) is 0 Å². The summed E-state index contributed by atoms with van der Waals surface area (Å²) in [6.45, 7) is 0.579. The third-order valence-corrected chi connectivity index (χ3v) is 4.42. The van der Waals surface area contributed by atoms with E-state index < -0.39 is 0 Å². The van der Waals surface area contributed by atoms with Crippen molar-refractivity contribution in [1.82, 2.24) is 14.6 Å². The molecular weight excluding hydrogens is 452 g/mol. The van der Waals surface area contributed by atoms with E-state index in [1.165, 1.54) is 0 Å². The Morgan fingerprint density at radius 3 is 2.64 bits per heavy atom. The number of nitrogens with one attached hydrogen (secondary N) is 1. The number of pyridine rings is 1. The monoisotopic (exact) mass is 466 g/mol. The zero-order valence-corrected chi connectivity index (χ0v) is 16.5. The minimum atomic E-state index is -0.0985. The van der Waals surface area contributed by atoms with Crippen LogP contribution in [0.3, 0.4) is 0 Å². The minimum absolute atomic E-state index is 0.0985. The van der Waals surface area contributed by atoms with Gasteiger partial charge in [-0.1, -0.05) is 15.9 Å². The Morgan fingerprint density at radius 2 is 1.84 bits per heavy atom. The van der Waals surface area contributed by atoms with Crippen LogP contribution in [0.25, 0.3) is 5.65 Å². The number of amides is 1. The van der Waals surface area contributed by atoms with Crippen LogP contribution >= 0.6 is 31.9 Å². The molecule has 1 amide bonds. The number of hydrogen-bond donors (Lipinski definition) is 1. The molecule has 1 N–H and O–H groups in total. The maximum Gasteiger partial charge on any atom is 0.249 e. The lowest BCUT2D eigenvalue weighted by Gasteiger charge is -2.06. The van der Waals surface area contributed by atoms with Gasteiger partial charge in [0.1, 0.15) is 5.75 Å². The number of rotatable bonds is 7. The van der Waals surface area contributed by atoms with Crippen LogP contribution in [0.1, 0.15) is 19.3 Å². The number of unbranched alkanes of at least 4 members (excludes halogenated alkanes) is 1. The predicted octanol–water partition coefficient (Wildman–Crippen LogP) is 4.44. The summed E-state index contributed by atoms with van der Waals surface area (Å²) in [5, 5.41) is 6.94. The lowest BCUT2D eigenvalue weighted by Crippen LogP contribution is -2.13. The molecule has 0 aliphatic carbocycles. The van der Waals surface area contributed by atoms with Crippen molar-refractivity contribution in [2.75, 3.05) is 11.9 Å². The highest BCUT2D eigenvalue weighted by molar-refractivity contribution is 9.10. The van der Waals surface area contributed by atoms with Gasteiger partial charge in [0.05, 0.1) is 6.61 Å². The first-order valence-electron chi connectivity index (χ1n) is 7.80. The fraction of sp³-hybridized carbons (Fsp3) is 0.235. The highest BCUT2D eigenvalue weighted by atomic mass is 79.9. The van der Waals surface area contributed by atoms with Crippen LogP contribution in [-0.2, 0) is 4.79 Å². The molecule has 0 bridgehead atoms. The van der Waals surface area contributed by atoms with Crippen molar-refractivity contribution in [3.05, 3.63) is 51.5 Å². The van der Waals surface area contributed by atoms with E-state index in [4.69, 9.17) is 4.74 Å². The third kappa shape index (κ3) is 5.27. The van der Waals surface area contributed by atoms with Crippen LogP contribution in [0.15, 0.2) is 51.5 Å². The second-order valence-corrected chi connectivity index (χ2v) is 7.22. The van der Waals surface area contributed by atoms with Crippen LogP contribution in [0.4, 0.5) is 5.95 Å². The Labute approximate surface area is 161 Å². The molecule has 25 heavy (non-hydrogen) atoms. The standard InChI is InChI=1S/C17H16Br2N4O2/c18-12-4-7-14(8-5-12)25-10-2-1-3-16(24)21-17-20-15-9-6-13(19)11-23(15)22-17/h4-9,11H,1-3,10H2,(H,21,22,24). The van der Waals surface area contributed by atoms with Crippen LogP contribution < -0.4 is 10.1 Å². The van der Waals surface area contributed by atoms with Gasteiger partial charge in [-0.2, -0.15) is 4.98 Å². The Kier molecular flexibility index (Phi) is 6.04. The van der Waals surface area contributed by atoms with E-state index in [0.717, 1.165) is 27.5 Å². The van der Waals surface area contributed by atoms with Crippen molar-refractivity contribution in [2.24, 2.45) is 0 Å². The van der Waals surface area contributed by atoms with Crippen LogP contribution in [0, 0.1) is 0 Å². The lowest BCUT2D eigenvalue weighted by atomic mass is 10.2. The van der Waals surface area contributed by atoms with Crippen molar-refractivity contribution >= 4 is 49.4 Å². The molecule has 0 spiro atoms. The molecule has 0 aliphatic rings. The predicted molar refractivity (Wildman–Crippen MR) is 103 cm³/mol. The molecule has 130 valence electrons. The Bertz CT molecular complexity index is 865. The average molecular weight is 468 g/mol. The van der Waals surface area contributed by atoms with E-state index in [2.05, 4.69) is 47.3 Å². The zero-order chi connectivity index (χ0) is 17.6. The van der Waals surface area contributed by atoms with Gasteiger partial charge < -0.3 is 4.74 Å². The van der Waals surface area contributed by atoms with Gasteiger partial charge in [0, 0.05) is 21.6 Å². The highest BCUT2D eigenvalue weighted by Crippen LogP contribution is 2.16. The fourth-order valence-electron chi connectivity index (χ4n) is 2.21. The lowest BCUT2D eigenvalue weighted by molar-refractivity contribution is -0.116. The molecule has 3 rings (SSSR count). The van der Waals surface area contributed by atoms with E-state index in [1.807, 2.05) is 36.4 Å². The molecule has 0 unspecified atom stereocenters. The largest absolute Gasteiger partial charge is 0.494 e. The molecule has 6 nitrogen and oxygen atoms in total. The summed E-state index contributed by atoms with van der Waals surface area (Å²) < 4.78 is 9.16. The summed E-state index contributed by atoms with van der Waals surface area (Å²) >= 11 is 6.75. The van der Waals surface area contributed by atoms with Crippen molar-refractivity contribution in [2.45, 2.75) is 19.3 Å². The van der Waals surface area contributed by atoms with E-state index >= 15 is 0 Å². The summed E-state index contributed by atoms with van der Waals surface area (Å²) in [5.74, 6) is 1.04. The first-order valence-corrected chi connectivity index (χ1v) is 9.39. The summed E-state index contributed by atoms with van der Waals surface area (Å²) in [6, 6.07) is 11.4. The van der Waals surface area contributed by atoms with Gasteiger partial charge in [-0.15, -0.1) is 5.10 Å². The Hall–Kier alpha value is -1.93. The number of benzene rings is 1. The minimum Gasteiger partial charge on any atom is -0.494 e. The molecular formula is C17H16Br2N4O2. The number of nitrogens with zero attached hydrogens (tertiary/aromatic N) is 3. The number of hydrogen-bond acceptors (Lipinski definition) is 4. The average Bonchev–Trinajstić information content (AvgIpc) is 2.97. The van der Waals surface area contributed by atoms with Crippen LogP contribution in [-0.4, -0.2) is 27.1 Å². The number of carbonyl (C=O) groups excluding carboxylic acids is 1. The van der Waals surface area contributed by atoms with Gasteiger partial charge in [0.25, 0.3) is 0 Å². The van der Waals surface area contributed by atoms with Gasteiger partial charge in [-0.3, -0.25) is 10.1 Å². The van der Waals surface area contributed by atoms with E-state index in [9.17, 15) is 4.79 Å². The molecule has 0 radical (unpaired) electrons. The fourth-order valence-corrected chi connectivity index (χ4v) is 2.80. The number of fused-ring (bicyclic) bond motifs is 1.